The van der Waals surface area contributed by atoms with Gasteiger partial charge < -0.3 is 5.11 Å². The number of halogens is 1. The quantitative estimate of drug-likeness (QED) is 0.742. The third-order valence-electron chi connectivity index (χ3n) is 2.87. The maximum absolute atomic E-state index is 12.7. The van der Waals surface area contributed by atoms with Gasteiger partial charge in [-0.3, -0.25) is 0 Å². The van der Waals surface area contributed by atoms with Crippen LogP contribution in [-0.4, -0.2) is 38.0 Å². The lowest BCUT2D eigenvalue weighted by atomic mass is 10.2. The summed E-state index contributed by atoms with van der Waals surface area (Å²) in [7, 11) is -1.83. The first-order valence-corrected chi connectivity index (χ1v) is 7.86. The monoisotopic (exact) mass is 289 g/mol. The molecule has 0 aliphatic carbocycles. The van der Waals surface area contributed by atoms with Crippen LogP contribution in [0.15, 0.2) is 24.3 Å². The van der Waals surface area contributed by atoms with Crippen molar-refractivity contribution in [2.75, 3.05) is 20.2 Å². The Morgan fingerprint density at radius 3 is 2.37 bits per heavy atom. The molecular formula is C13H20FNO3S. The lowest BCUT2D eigenvalue weighted by Crippen LogP contribution is -2.29. The summed E-state index contributed by atoms with van der Waals surface area (Å²) < 4.78 is 38.1. The fourth-order valence-electron chi connectivity index (χ4n) is 1.66. The van der Waals surface area contributed by atoms with E-state index in [1.807, 2.05) is 0 Å². The van der Waals surface area contributed by atoms with Crippen LogP contribution in [0, 0.1) is 5.82 Å². The van der Waals surface area contributed by atoms with Crippen molar-refractivity contribution in [3.8, 4) is 0 Å². The van der Waals surface area contributed by atoms with Crippen molar-refractivity contribution in [3.63, 3.8) is 0 Å². The minimum Gasteiger partial charge on any atom is -0.396 e. The van der Waals surface area contributed by atoms with Gasteiger partial charge in [0, 0.05) is 20.2 Å². The molecule has 0 saturated heterocycles. The van der Waals surface area contributed by atoms with Gasteiger partial charge in [-0.15, -0.1) is 0 Å². The summed E-state index contributed by atoms with van der Waals surface area (Å²) in [5.74, 6) is -0.498. The second-order valence-electron chi connectivity index (χ2n) is 4.49. The smallest absolute Gasteiger partial charge is 0.218 e. The third kappa shape index (κ3) is 5.67. The van der Waals surface area contributed by atoms with Crippen LogP contribution in [0.25, 0.3) is 0 Å². The van der Waals surface area contributed by atoms with Crippen LogP contribution in [-0.2, 0) is 15.8 Å². The van der Waals surface area contributed by atoms with E-state index in [0.29, 0.717) is 18.5 Å². The lowest BCUT2D eigenvalue weighted by molar-refractivity contribution is 0.281. The van der Waals surface area contributed by atoms with Gasteiger partial charge >= 0.3 is 0 Å². The van der Waals surface area contributed by atoms with Crippen molar-refractivity contribution in [1.82, 2.24) is 4.31 Å². The zero-order valence-electron chi connectivity index (χ0n) is 11.0. The molecule has 0 unspecified atom stereocenters. The second kappa shape index (κ2) is 7.57. The molecule has 0 aromatic heterocycles. The fourth-order valence-corrected chi connectivity index (χ4v) is 2.90. The van der Waals surface area contributed by atoms with E-state index in [-0.39, 0.29) is 18.2 Å². The van der Waals surface area contributed by atoms with Crippen molar-refractivity contribution in [2.45, 2.75) is 25.0 Å². The van der Waals surface area contributed by atoms with E-state index in [9.17, 15) is 12.8 Å². The number of unbranched alkanes of at least 4 members (excludes halogenated alkanes) is 2. The highest BCUT2D eigenvalue weighted by Crippen LogP contribution is 2.11. The first-order valence-electron chi connectivity index (χ1n) is 6.25. The van der Waals surface area contributed by atoms with Gasteiger partial charge in [0.15, 0.2) is 0 Å². The molecule has 0 bridgehead atoms. The van der Waals surface area contributed by atoms with Crippen LogP contribution in [0.1, 0.15) is 24.8 Å². The molecule has 0 aliphatic heterocycles. The minimum absolute atomic E-state index is 0.121. The Bertz CT molecular complexity index is 473. The van der Waals surface area contributed by atoms with Gasteiger partial charge in [-0.05, 0) is 37.0 Å². The fraction of sp³-hybridized carbons (Fsp3) is 0.538. The number of hydrogen-bond acceptors (Lipinski definition) is 3. The van der Waals surface area contributed by atoms with Crippen LogP contribution in [0.5, 0.6) is 0 Å². The molecule has 0 spiro atoms. The molecule has 1 aromatic rings. The Morgan fingerprint density at radius 1 is 1.16 bits per heavy atom. The molecule has 0 saturated carbocycles. The number of sulfonamides is 1. The molecule has 108 valence electrons. The summed E-state index contributed by atoms with van der Waals surface area (Å²) in [5.41, 5.74) is 0.573. The van der Waals surface area contributed by atoms with Crippen molar-refractivity contribution >= 4 is 10.0 Å². The summed E-state index contributed by atoms with van der Waals surface area (Å²) in [4.78, 5) is 0. The molecule has 6 heteroatoms. The highest BCUT2D eigenvalue weighted by Gasteiger charge is 2.17. The summed E-state index contributed by atoms with van der Waals surface area (Å²) in [6.07, 6.45) is 2.21. The highest BCUT2D eigenvalue weighted by molar-refractivity contribution is 7.88. The molecule has 1 N–H and O–H groups in total. The molecule has 19 heavy (non-hydrogen) atoms. The maximum Gasteiger partial charge on any atom is 0.218 e. The third-order valence-corrected chi connectivity index (χ3v) is 4.70. The average Bonchev–Trinajstić information content (AvgIpc) is 2.37. The van der Waals surface area contributed by atoms with Crippen LogP contribution < -0.4 is 0 Å². The summed E-state index contributed by atoms with van der Waals surface area (Å²) >= 11 is 0. The average molecular weight is 289 g/mol. The summed E-state index contributed by atoms with van der Waals surface area (Å²) in [6.45, 7) is 0.565. The number of nitrogens with zero attached hydrogens (tertiary/aromatic N) is 1. The van der Waals surface area contributed by atoms with E-state index in [2.05, 4.69) is 0 Å². The van der Waals surface area contributed by atoms with Crippen molar-refractivity contribution in [2.24, 2.45) is 0 Å². The molecule has 1 aromatic carbocycles. The van der Waals surface area contributed by atoms with E-state index in [1.54, 1.807) is 0 Å². The lowest BCUT2D eigenvalue weighted by Gasteiger charge is -2.17. The van der Waals surface area contributed by atoms with Crippen molar-refractivity contribution in [1.29, 1.82) is 0 Å². The van der Waals surface area contributed by atoms with E-state index in [0.717, 1.165) is 12.8 Å². The van der Waals surface area contributed by atoms with Gasteiger partial charge in [0.25, 0.3) is 0 Å². The number of rotatable bonds is 8. The van der Waals surface area contributed by atoms with Crippen molar-refractivity contribution in [3.05, 3.63) is 35.6 Å². The predicted octanol–water partition coefficient (Wildman–Crippen LogP) is 1.75. The van der Waals surface area contributed by atoms with Gasteiger partial charge in [0.2, 0.25) is 10.0 Å². The SMILES string of the molecule is CN(CCCCCO)S(=O)(=O)Cc1ccc(F)cc1. The van der Waals surface area contributed by atoms with E-state index >= 15 is 0 Å². The van der Waals surface area contributed by atoms with E-state index in [1.165, 1.54) is 35.6 Å². The van der Waals surface area contributed by atoms with Crippen molar-refractivity contribution < 1.29 is 17.9 Å². The number of aliphatic hydroxyl groups excluding tert-OH is 1. The number of benzene rings is 1. The molecule has 0 amide bonds. The minimum atomic E-state index is -3.36. The standard InChI is InChI=1S/C13H20FNO3S/c1-15(9-3-2-4-10-16)19(17,18)11-12-5-7-13(14)8-6-12/h5-8,16H,2-4,9-11H2,1H3. The Morgan fingerprint density at radius 2 is 1.79 bits per heavy atom. The molecule has 0 fully saturated rings. The normalized spacial score (nSPS) is 12.0. The topological polar surface area (TPSA) is 57.6 Å². The van der Waals surface area contributed by atoms with E-state index in [4.69, 9.17) is 5.11 Å². The van der Waals surface area contributed by atoms with Gasteiger partial charge in [-0.1, -0.05) is 12.1 Å². The zero-order chi connectivity index (χ0) is 14.3. The highest BCUT2D eigenvalue weighted by atomic mass is 32.2. The Labute approximate surface area is 113 Å². The summed E-state index contributed by atoms with van der Waals surface area (Å²) in [6, 6.07) is 5.47. The van der Waals surface area contributed by atoms with Crippen LogP contribution in [0.3, 0.4) is 0 Å². The molecule has 0 radical (unpaired) electrons. The molecule has 0 aliphatic rings. The van der Waals surface area contributed by atoms with Crippen LogP contribution >= 0.6 is 0 Å². The molecule has 0 heterocycles. The van der Waals surface area contributed by atoms with Crippen LogP contribution in [0.2, 0.25) is 0 Å². The Balaban J connectivity index is 2.52. The van der Waals surface area contributed by atoms with Gasteiger partial charge in [0.05, 0.1) is 5.75 Å². The van der Waals surface area contributed by atoms with Gasteiger partial charge in [0.1, 0.15) is 5.82 Å². The molecule has 4 nitrogen and oxygen atoms in total. The molecule has 0 atom stereocenters. The maximum atomic E-state index is 12.7. The molecule has 1 rings (SSSR count). The Kier molecular flexibility index (Phi) is 6.41. The van der Waals surface area contributed by atoms with Gasteiger partial charge in [-0.2, -0.15) is 0 Å². The van der Waals surface area contributed by atoms with Gasteiger partial charge in [-0.25, -0.2) is 17.1 Å². The second-order valence-corrected chi connectivity index (χ2v) is 6.56. The largest absolute Gasteiger partial charge is 0.396 e. The first kappa shape index (κ1) is 16.1. The number of hydrogen-bond donors (Lipinski definition) is 1. The Hall–Kier alpha value is -0.980. The molecular weight excluding hydrogens is 269 g/mol. The zero-order valence-corrected chi connectivity index (χ0v) is 11.9. The summed E-state index contributed by atoms with van der Waals surface area (Å²) in [5, 5.41) is 8.65. The van der Waals surface area contributed by atoms with E-state index < -0.39 is 10.0 Å². The first-order chi connectivity index (χ1) is 8.95. The number of aliphatic hydroxyl groups is 1. The predicted molar refractivity (Wildman–Crippen MR) is 72.6 cm³/mol. The van der Waals surface area contributed by atoms with Crippen LogP contribution in [0.4, 0.5) is 4.39 Å².